The number of hydrogen-bond donors (Lipinski definition) is 2. The average molecular weight is 355 g/mol. The van der Waals surface area contributed by atoms with E-state index in [0.717, 1.165) is 22.3 Å². The molecule has 0 saturated carbocycles. The Morgan fingerprint density at radius 3 is 2.56 bits per heavy atom. The monoisotopic (exact) mass is 355 g/mol. The van der Waals surface area contributed by atoms with Gasteiger partial charge in [0.2, 0.25) is 5.91 Å². The van der Waals surface area contributed by atoms with Crippen molar-refractivity contribution in [2.75, 3.05) is 0 Å². The summed E-state index contributed by atoms with van der Waals surface area (Å²) in [6.07, 6.45) is 4.87. The molecule has 0 aliphatic rings. The highest BCUT2D eigenvalue weighted by molar-refractivity contribution is 5.84. The zero-order chi connectivity index (χ0) is 18.5. The number of rotatable bonds is 6. The molecule has 4 aromatic rings. The minimum atomic E-state index is -0.247. The van der Waals surface area contributed by atoms with Crippen molar-refractivity contribution in [3.05, 3.63) is 102 Å². The van der Waals surface area contributed by atoms with Crippen molar-refractivity contribution in [2.45, 2.75) is 18.9 Å². The van der Waals surface area contributed by atoms with E-state index in [0.29, 0.717) is 12.8 Å². The van der Waals surface area contributed by atoms with Crippen molar-refractivity contribution in [2.24, 2.45) is 0 Å². The molecular weight excluding hydrogens is 334 g/mol. The molecule has 0 fully saturated rings. The van der Waals surface area contributed by atoms with Crippen molar-refractivity contribution < 1.29 is 4.79 Å². The lowest BCUT2D eigenvalue weighted by Gasteiger charge is -2.19. The average Bonchev–Trinajstić information content (AvgIpc) is 3.15. The zero-order valence-electron chi connectivity index (χ0n) is 14.9. The van der Waals surface area contributed by atoms with Gasteiger partial charge < -0.3 is 10.3 Å². The zero-order valence-corrected chi connectivity index (χ0v) is 14.9. The van der Waals surface area contributed by atoms with E-state index in [2.05, 4.69) is 21.4 Å². The Kier molecular flexibility index (Phi) is 4.97. The molecule has 0 aliphatic heterocycles. The SMILES string of the molecule is O=C(CCc1c[nH]c2ccccc12)NC(c1ccccc1)c1ccccn1. The van der Waals surface area contributed by atoms with Crippen LogP contribution in [0.4, 0.5) is 0 Å². The normalized spacial score (nSPS) is 12.0. The van der Waals surface area contributed by atoms with Crippen LogP contribution in [0.5, 0.6) is 0 Å². The van der Waals surface area contributed by atoms with Crippen LogP contribution in [-0.2, 0) is 11.2 Å². The molecule has 1 amide bonds. The number of pyridine rings is 1. The predicted molar refractivity (Wildman–Crippen MR) is 107 cm³/mol. The molecular formula is C23H21N3O. The van der Waals surface area contributed by atoms with Crippen LogP contribution in [0.1, 0.15) is 29.3 Å². The highest BCUT2D eigenvalue weighted by Crippen LogP contribution is 2.21. The minimum absolute atomic E-state index is 0.0137. The molecule has 2 heterocycles. The summed E-state index contributed by atoms with van der Waals surface area (Å²) in [5.74, 6) is 0.0137. The predicted octanol–water partition coefficient (Wildman–Crippen LogP) is 4.40. The molecule has 2 N–H and O–H groups in total. The van der Waals surface area contributed by atoms with Gasteiger partial charge in [-0.1, -0.05) is 54.6 Å². The number of benzene rings is 2. The van der Waals surface area contributed by atoms with E-state index in [4.69, 9.17) is 0 Å². The molecule has 2 aromatic carbocycles. The summed E-state index contributed by atoms with van der Waals surface area (Å²) in [4.78, 5) is 20.4. The molecule has 0 aliphatic carbocycles. The van der Waals surface area contributed by atoms with E-state index >= 15 is 0 Å². The van der Waals surface area contributed by atoms with E-state index in [1.807, 2.05) is 72.9 Å². The van der Waals surface area contributed by atoms with Crippen LogP contribution >= 0.6 is 0 Å². The first-order chi connectivity index (χ1) is 13.3. The van der Waals surface area contributed by atoms with Gasteiger partial charge in [-0.2, -0.15) is 0 Å². The third-order valence-electron chi connectivity index (χ3n) is 4.72. The molecule has 4 nitrogen and oxygen atoms in total. The van der Waals surface area contributed by atoms with Crippen LogP contribution in [0.25, 0.3) is 10.9 Å². The lowest BCUT2D eigenvalue weighted by atomic mass is 10.0. The maximum absolute atomic E-state index is 12.7. The molecule has 1 atom stereocenters. The molecule has 4 rings (SSSR count). The summed E-state index contributed by atoms with van der Waals surface area (Å²) in [7, 11) is 0. The number of amides is 1. The summed E-state index contributed by atoms with van der Waals surface area (Å²) in [6, 6.07) is 23.6. The minimum Gasteiger partial charge on any atom is -0.361 e. The Morgan fingerprint density at radius 1 is 0.963 bits per heavy atom. The van der Waals surface area contributed by atoms with E-state index in [1.54, 1.807) is 6.20 Å². The van der Waals surface area contributed by atoms with Crippen LogP contribution in [0.15, 0.2) is 85.2 Å². The van der Waals surface area contributed by atoms with Gasteiger partial charge in [0.15, 0.2) is 0 Å². The van der Waals surface area contributed by atoms with Crippen LogP contribution in [-0.4, -0.2) is 15.9 Å². The largest absolute Gasteiger partial charge is 0.361 e. The molecule has 27 heavy (non-hydrogen) atoms. The number of H-pyrrole nitrogens is 1. The number of aromatic amines is 1. The second-order valence-electron chi connectivity index (χ2n) is 6.53. The topological polar surface area (TPSA) is 57.8 Å². The number of aromatic nitrogens is 2. The first-order valence-corrected chi connectivity index (χ1v) is 9.11. The molecule has 0 spiro atoms. The van der Waals surface area contributed by atoms with Gasteiger partial charge >= 0.3 is 0 Å². The Labute approximate surface area is 158 Å². The van der Waals surface area contributed by atoms with Crippen molar-refractivity contribution >= 4 is 16.8 Å². The lowest BCUT2D eigenvalue weighted by Crippen LogP contribution is -2.30. The van der Waals surface area contributed by atoms with E-state index < -0.39 is 0 Å². The molecule has 2 aromatic heterocycles. The highest BCUT2D eigenvalue weighted by Gasteiger charge is 2.18. The van der Waals surface area contributed by atoms with Gasteiger partial charge in [0.05, 0.1) is 11.7 Å². The Balaban J connectivity index is 1.49. The van der Waals surface area contributed by atoms with E-state index in [9.17, 15) is 4.79 Å². The van der Waals surface area contributed by atoms with Crippen LogP contribution in [0.2, 0.25) is 0 Å². The second kappa shape index (κ2) is 7.87. The molecule has 0 bridgehead atoms. The number of carbonyl (C=O) groups is 1. The summed E-state index contributed by atoms with van der Waals surface area (Å²) >= 11 is 0. The van der Waals surface area contributed by atoms with Gasteiger partial charge in [0.25, 0.3) is 0 Å². The van der Waals surface area contributed by atoms with Gasteiger partial charge in [0, 0.05) is 29.7 Å². The summed E-state index contributed by atoms with van der Waals surface area (Å²) in [5, 5.41) is 4.32. The fraction of sp³-hybridized carbons (Fsp3) is 0.130. The summed E-state index contributed by atoms with van der Waals surface area (Å²) in [6.45, 7) is 0. The van der Waals surface area contributed by atoms with Crippen LogP contribution < -0.4 is 5.32 Å². The summed E-state index contributed by atoms with van der Waals surface area (Å²) < 4.78 is 0. The van der Waals surface area contributed by atoms with Crippen molar-refractivity contribution in [1.29, 1.82) is 0 Å². The third kappa shape index (κ3) is 3.90. The smallest absolute Gasteiger partial charge is 0.221 e. The second-order valence-corrected chi connectivity index (χ2v) is 6.53. The fourth-order valence-electron chi connectivity index (χ4n) is 3.34. The van der Waals surface area contributed by atoms with Crippen LogP contribution in [0.3, 0.4) is 0 Å². The van der Waals surface area contributed by atoms with Crippen molar-refractivity contribution in [3.8, 4) is 0 Å². The standard InChI is InChI=1S/C23H21N3O/c27-22(14-13-18-16-25-20-11-5-4-10-19(18)20)26-23(17-8-2-1-3-9-17)21-12-6-7-15-24-21/h1-12,15-16,23,25H,13-14H2,(H,26,27). The quantitative estimate of drug-likeness (QED) is 0.538. The molecule has 1 unspecified atom stereocenters. The summed E-state index contributed by atoms with van der Waals surface area (Å²) in [5.41, 5.74) is 4.12. The van der Waals surface area contributed by atoms with Gasteiger partial charge in [-0.05, 0) is 35.7 Å². The lowest BCUT2D eigenvalue weighted by molar-refractivity contribution is -0.121. The van der Waals surface area contributed by atoms with E-state index in [1.165, 1.54) is 5.39 Å². The molecule has 134 valence electrons. The van der Waals surface area contributed by atoms with Crippen molar-refractivity contribution in [3.63, 3.8) is 0 Å². The first-order valence-electron chi connectivity index (χ1n) is 9.11. The van der Waals surface area contributed by atoms with E-state index in [-0.39, 0.29) is 11.9 Å². The number of nitrogens with zero attached hydrogens (tertiary/aromatic N) is 1. The van der Waals surface area contributed by atoms with Crippen LogP contribution in [0, 0.1) is 0 Å². The van der Waals surface area contributed by atoms with Crippen molar-refractivity contribution in [1.82, 2.24) is 15.3 Å². The third-order valence-corrected chi connectivity index (χ3v) is 4.72. The Hall–Kier alpha value is -3.40. The number of carbonyl (C=O) groups excluding carboxylic acids is 1. The Bertz CT molecular complexity index is 986. The molecule has 0 radical (unpaired) electrons. The maximum atomic E-state index is 12.7. The molecule has 4 heteroatoms. The number of hydrogen-bond acceptors (Lipinski definition) is 2. The number of para-hydroxylation sites is 1. The van der Waals surface area contributed by atoms with Gasteiger partial charge in [-0.25, -0.2) is 0 Å². The first kappa shape index (κ1) is 17.0. The molecule has 0 saturated heterocycles. The number of aryl methyl sites for hydroxylation is 1. The number of nitrogens with one attached hydrogen (secondary N) is 2. The van der Waals surface area contributed by atoms with Gasteiger partial charge in [-0.15, -0.1) is 0 Å². The van der Waals surface area contributed by atoms with Gasteiger partial charge in [0.1, 0.15) is 0 Å². The fourth-order valence-corrected chi connectivity index (χ4v) is 3.34. The number of fused-ring (bicyclic) bond motifs is 1. The maximum Gasteiger partial charge on any atom is 0.221 e. The Morgan fingerprint density at radius 2 is 1.74 bits per heavy atom. The highest BCUT2D eigenvalue weighted by atomic mass is 16.1. The van der Waals surface area contributed by atoms with Gasteiger partial charge in [-0.3, -0.25) is 9.78 Å².